The Labute approximate surface area is 120 Å². The number of hydrogen-bond donors (Lipinski definition) is 0. The maximum Gasteiger partial charge on any atom is 0.337 e. The van der Waals surface area contributed by atoms with Gasteiger partial charge in [-0.3, -0.25) is 0 Å². The molecule has 0 radical (unpaired) electrons. The molecule has 2 aromatic rings. The molecule has 0 aliphatic carbocycles. The Hall–Kier alpha value is -1.87. The third-order valence-corrected chi connectivity index (χ3v) is 3.12. The van der Waals surface area contributed by atoms with E-state index in [2.05, 4.69) is 15.9 Å². The Morgan fingerprint density at radius 3 is 2.32 bits per heavy atom. The van der Waals surface area contributed by atoms with Gasteiger partial charge in [0, 0.05) is 4.47 Å². The summed E-state index contributed by atoms with van der Waals surface area (Å²) in [6.45, 7) is 0. The highest BCUT2D eigenvalue weighted by atomic mass is 79.9. The fraction of sp³-hybridized carbons (Fsp3) is 0.0625. The molecular formula is C16H13BrO2. The van der Waals surface area contributed by atoms with Gasteiger partial charge in [-0.2, -0.15) is 0 Å². The Kier molecular flexibility index (Phi) is 4.53. The molecule has 0 aliphatic heterocycles. The quantitative estimate of drug-likeness (QED) is 0.619. The zero-order chi connectivity index (χ0) is 13.7. The highest BCUT2D eigenvalue weighted by Gasteiger charge is 2.03. The number of halogens is 1. The first-order valence-corrected chi connectivity index (χ1v) is 6.60. The molecule has 0 atom stereocenters. The van der Waals surface area contributed by atoms with Gasteiger partial charge in [-0.15, -0.1) is 0 Å². The molecular weight excluding hydrogens is 304 g/mol. The maximum absolute atomic E-state index is 11.4. The van der Waals surface area contributed by atoms with Crippen LogP contribution in [0.5, 0.6) is 0 Å². The lowest BCUT2D eigenvalue weighted by Crippen LogP contribution is -2.00. The average molecular weight is 317 g/mol. The molecule has 96 valence electrons. The molecule has 0 aromatic heterocycles. The monoisotopic (exact) mass is 316 g/mol. The lowest BCUT2D eigenvalue weighted by atomic mass is 10.1. The number of benzene rings is 2. The highest BCUT2D eigenvalue weighted by molar-refractivity contribution is 9.10. The number of ether oxygens (including phenoxy) is 1. The van der Waals surface area contributed by atoms with Crippen molar-refractivity contribution in [2.75, 3.05) is 7.11 Å². The molecule has 19 heavy (non-hydrogen) atoms. The second kappa shape index (κ2) is 6.34. The molecule has 0 fully saturated rings. The van der Waals surface area contributed by atoms with E-state index in [1.165, 1.54) is 7.11 Å². The first kappa shape index (κ1) is 13.6. The zero-order valence-electron chi connectivity index (χ0n) is 10.5. The summed E-state index contributed by atoms with van der Waals surface area (Å²) in [5.74, 6) is -0.322. The minimum Gasteiger partial charge on any atom is -0.465 e. The van der Waals surface area contributed by atoms with Crippen molar-refractivity contribution in [3.05, 3.63) is 69.7 Å². The third-order valence-electron chi connectivity index (χ3n) is 2.62. The summed E-state index contributed by atoms with van der Waals surface area (Å²) in [7, 11) is 1.38. The van der Waals surface area contributed by atoms with E-state index < -0.39 is 0 Å². The number of carbonyl (C=O) groups excluding carboxylic acids is 1. The first-order chi connectivity index (χ1) is 9.19. The molecule has 2 aromatic carbocycles. The number of carbonyl (C=O) groups is 1. The molecule has 0 unspecified atom stereocenters. The second-order valence-electron chi connectivity index (χ2n) is 4.01. The summed E-state index contributed by atoms with van der Waals surface area (Å²) in [5.41, 5.74) is 2.61. The lowest BCUT2D eigenvalue weighted by molar-refractivity contribution is 0.0600. The van der Waals surface area contributed by atoms with Crippen LogP contribution in [0.1, 0.15) is 21.5 Å². The summed E-state index contributed by atoms with van der Waals surface area (Å²) in [4.78, 5) is 11.4. The molecule has 0 bridgehead atoms. The maximum atomic E-state index is 11.4. The van der Waals surface area contributed by atoms with Crippen molar-refractivity contribution in [1.82, 2.24) is 0 Å². The van der Waals surface area contributed by atoms with Crippen molar-refractivity contribution >= 4 is 34.1 Å². The summed E-state index contributed by atoms with van der Waals surface area (Å²) in [6, 6.07) is 15.3. The van der Waals surface area contributed by atoms with Crippen molar-refractivity contribution in [2.24, 2.45) is 0 Å². The summed E-state index contributed by atoms with van der Waals surface area (Å²) < 4.78 is 5.74. The third kappa shape index (κ3) is 3.80. The van der Waals surface area contributed by atoms with Crippen LogP contribution in [0.4, 0.5) is 0 Å². The normalized spacial score (nSPS) is 10.6. The van der Waals surface area contributed by atoms with Crippen LogP contribution in [0.25, 0.3) is 12.2 Å². The molecule has 0 saturated heterocycles. The molecule has 0 N–H and O–H groups in total. The zero-order valence-corrected chi connectivity index (χ0v) is 12.1. The first-order valence-electron chi connectivity index (χ1n) is 5.81. The van der Waals surface area contributed by atoms with Gasteiger partial charge in [0.15, 0.2) is 0 Å². The molecule has 0 spiro atoms. The predicted octanol–water partition coefficient (Wildman–Crippen LogP) is 4.41. The van der Waals surface area contributed by atoms with Crippen LogP contribution in [0.3, 0.4) is 0 Å². The lowest BCUT2D eigenvalue weighted by Gasteiger charge is -2.00. The number of esters is 1. The molecule has 0 saturated carbocycles. The molecule has 2 rings (SSSR count). The van der Waals surface area contributed by atoms with Gasteiger partial charge in [-0.1, -0.05) is 52.3 Å². The van der Waals surface area contributed by atoms with Crippen molar-refractivity contribution in [3.63, 3.8) is 0 Å². The van der Waals surface area contributed by atoms with E-state index in [9.17, 15) is 4.79 Å². The van der Waals surface area contributed by atoms with Crippen LogP contribution in [-0.2, 0) is 4.74 Å². The van der Waals surface area contributed by atoms with E-state index in [-0.39, 0.29) is 5.97 Å². The van der Waals surface area contributed by atoms with E-state index >= 15 is 0 Å². The van der Waals surface area contributed by atoms with Crippen molar-refractivity contribution in [1.29, 1.82) is 0 Å². The minimum atomic E-state index is -0.322. The smallest absolute Gasteiger partial charge is 0.337 e. The Bertz CT molecular complexity index is 618. The van der Waals surface area contributed by atoms with Gasteiger partial charge >= 0.3 is 5.97 Å². The van der Waals surface area contributed by atoms with Gasteiger partial charge in [0.1, 0.15) is 0 Å². The van der Waals surface area contributed by atoms with Crippen LogP contribution in [-0.4, -0.2) is 13.1 Å². The van der Waals surface area contributed by atoms with Crippen molar-refractivity contribution in [2.45, 2.75) is 0 Å². The highest BCUT2D eigenvalue weighted by Crippen LogP contribution is 2.15. The van der Waals surface area contributed by atoms with Gasteiger partial charge in [-0.25, -0.2) is 4.79 Å². The largest absolute Gasteiger partial charge is 0.465 e. The molecule has 0 heterocycles. The minimum absolute atomic E-state index is 0.322. The van der Waals surface area contributed by atoms with Gasteiger partial charge in [-0.05, 0) is 35.4 Å². The van der Waals surface area contributed by atoms with Gasteiger partial charge in [0.25, 0.3) is 0 Å². The number of methoxy groups -OCH3 is 1. The molecule has 2 nitrogen and oxygen atoms in total. The predicted molar refractivity (Wildman–Crippen MR) is 80.9 cm³/mol. The standard InChI is InChI=1S/C16H13BrO2/c1-19-16(18)14-6-2-4-12(10-14)8-9-13-5-3-7-15(17)11-13/h2-11H,1H3. The van der Waals surface area contributed by atoms with E-state index in [0.717, 1.165) is 15.6 Å². The summed E-state index contributed by atoms with van der Waals surface area (Å²) >= 11 is 3.43. The molecule has 0 aliphatic rings. The van der Waals surface area contributed by atoms with Crippen molar-refractivity contribution in [3.8, 4) is 0 Å². The van der Waals surface area contributed by atoms with E-state index in [0.29, 0.717) is 5.56 Å². The Balaban J connectivity index is 2.21. The van der Waals surface area contributed by atoms with E-state index in [1.54, 1.807) is 12.1 Å². The Morgan fingerprint density at radius 2 is 1.68 bits per heavy atom. The fourth-order valence-corrected chi connectivity index (χ4v) is 2.11. The summed E-state index contributed by atoms with van der Waals surface area (Å²) in [5, 5.41) is 0. The summed E-state index contributed by atoms with van der Waals surface area (Å²) in [6.07, 6.45) is 3.97. The van der Waals surface area contributed by atoms with Crippen LogP contribution in [0.15, 0.2) is 53.0 Å². The Morgan fingerprint density at radius 1 is 1.05 bits per heavy atom. The topological polar surface area (TPSA) is 26.3 Å². The number of hydrogen-bond acceptors (Lipinski definition) is 2. The van der Waals surface area contributed by atoms with Crippen LogP contribution in [0, 0.1) is 0 Å². The SMILES string of the molecule is COC(=O)c1cccc(C=Cc2cccc(Br)c2)c1. The van der Waals surface area contributed by atoms with Crippen LogP contribution in [0.2, 0.25) is 0 Å². The second-order valence-corrected chi connectivity index (χ2v) is 4.92. The van der Waals surface area contributed by atoms with Crippen LogP contribution < -0.4 is 0 Å². The van der Waals surface area contributed by atoms with E-state index in [4.69, 9.17) is 4.74 Å². The average Bonchev–Trinajstić information content (AvgIpc) is 2.45. The molecule has 0 amide bonds. The van der Waals surface area contributed by atoms with Crippen molar-refractivity contribution < 1.29 is 9.53 Å². The number of rotatable bonds is 3. The van der Waals surface area contributed by atoms with Crippen LogP contribution >= 0.6 is 15.9 Å². The molecule has 3 heteroatoms. The van der Waals surface area contributed by atoms with Gasteiger partial charge in [0.05, 0.1) is 12.7 Å². The van der Waals surface area contributed by atoms with E-state index in [1.807, 2.05) is 48.6 Å². The van der Waals surface area contributed by atoms with Gasteiger partial charge in [0.2, 0.25) is 0 Å². The fourth-order valence-electron chi connectivity index (χ4n) is 1.69. The van der Waals surface area contributed by atoms with Gasteiger partial charge < -0.3 is 4.74 Å².